The number of halogens is 4. The van der Waals surface area contributed by atoms with Crippen molar-refractivity contribution in [3.05, 3.63) is 28.8 Å². The Kier molecular flexibility index (Phi) is 7.01. The summed E-state index contributed by atoms with van der Waals surface area (Å²) in [5.41, 5.74) is 0.0273. The first-order chi connectivity index (χ1) is 6.92. The maximum atomic E-state index is 11.9. The third-order valence-electron chi connectivity index (χ3n) is 1.49. The van der Waals surface area contributed by atoms with Gasteiger partial charge in [-0.1, -0.05) is 11.6 Å². The van der Waals surface area contributed by atoms with Gasteiger partial charge in [0.05, 0.1) is 12.1 Å². The van der Waals surface area contributed by atoms with Gasteiger partial charge in [0.1, 0.15) is 11.8 Å². The largest absolute Gasteiger partial charge is 1.00 e. The standard InChI is InChI=1S/C8H5BClF3NO.K/c10-7-2-1-6(4-14)8(3-7)15-5-9(11,12)13;/h1-3H,5H2;/q-1;+1. The molecule has 80 valence electrons. The van der Waals surface area contributed by atoms with Gasteiger partial charge in [0, 0.05) is 5.02 Å². The molecule has 0 bridgehead atoms. The Morgan fingerprint density at radius 1 is 1.38 bits per heavy atom. The minimum atomic E-state index is -5.04. The summed E-state index contributed by atoms with van der Waals surface area (Å²) in [4.78, 5) is 0. The number of nitriles is 1. The first-order valence-electron chi connectivity index (χ1n) is 3.96. The summed E-state index contributed by atoms with van der Waals surface area (Å²) in [6.07, 6.45) is 0. The smallest absolute Gasteiger partial charge is 0.520 e. The maximum Gasteiger partial charge on any atom is 1.00 e. The molecule has 0 unspecified atom stereocenters. The second-order valence-corrected chi connectivity index (χ2v) is 3.21. The average Bonchev–Trinajstić information content (AvgIpc) is 2.14. The molecule has 0 atom stereocenters. The van der Waals surface area contributed by atoms with Crippen LogP contribution in [0.5, 0.6) is 5.75 Å². The van der Waals surface area contributed by atoms with Crippen LogP contribution in [0.2, 0.25) is 5.02 Å². The molecule has 0 saturated heterocycles. The molecule has 0 radical (unpaired) electrons. The van der Waals surface area contributed by atoms with E-state index in [0.717, 1.165) is 0 Å². The first kappa shape index (κ1) is 16.3. The van der Waals surface area contributed by atoms with E-state index in [2.05, 4.69) is 4.74 Å². The molecule has 2 nitrogen and oxygen atoms in total. The summed E-state index contributed by atoms with van der Waals surface area (Å²) >= 11 is 5.56. The monoisotopic (exact) mass is 273 g/mol. The summed E-state index contributed by atoms with van der Waals surface area (Å²) in [5, 5.41) is 8.81. The van der Waals surface area contributed by atoms with E-state index in [0.29, 0.717) is 0 Å². The normalized spacial score (nSPS) is 10.2. The number of hydrogen-bond donors (Lipinski definition) is 0. The molecule has 1 rings (SSSR count). The summed E-state index contributed by atoms with van der Waals surface area (Å²) in [6.45, 7) is -6.41. The molecular formula is C8H5BClF3KNO. The summed E-state index contributed by atoms with van der Waals surface area (Å²) in [5.74, 6) is -0.149. The summed E-state index contributed by atoms with van der Waals surface area (Å²) < 4.78 is 40.2. The first-order valence-corrected chi connectivity index (χ1v) is 4.33. The quantitative estimate of drug-likeness (QED) is 0.725. The van der Waals surface area contributed by atoms with Gasteiger partial charge in [0.15, 0.2) is 0 Å². The summed E-state index contributed by atoms with van der Waals surface area (Å²) in [6, 6.07) is 5.61. The van der Waals surface area contributed by atoms with Crippen LogP contribution >= 0.6 is 11.6 Å². The molecule has 0 aliphatic heterocycles. The molecule has 0 heterocycles. The van der Waals surface area contributed by atoms with Crippen LogP contribution in [-0.4, -0.2) is 13.5 Å². The van der Waals surface area contributed by atoms with Gasteiger partial charge in [0.2, 0.25) is 0 Å². The van der Waals surface area contributed by atoms with Gasteiger partial charge in [-0.25, -0.2) is 0 Å². The number of nitrogens with zero attached hydrogens (tertiary/aromatic N) is 1. The van der Waals surface area contributed by atoms with Crippen LogP contribution in [0.1, 0.15) is 5.56 Å². The Bertz CT molecular complexity index is 407. The van der Waals surface area contributed by atoms with Crippen LogP contribution in [0.15, 0.2) is 18.2 Å². The Morgan fingerprint density at radius 3 is 2.50 bits per heavy atom. The molecule has 0 amide bonds. The average molecular weight is 273 g/mol. The SMILES string of the molecule is N#Cc1ccc(Cl)cc1OC[B-](F)(F)F.[K+]. The third-order valence-corrected chi connectivity index (χ3v) is 1.73. The Labute approximate surface area is 138 Å². The zero-order chi connectivity index (χ0) is 11.5. The number of benzene rings is 1. The van der Waals surface area contributed by atoms with Crippen LogP contribution < -0.4 is 56.1 Å². The molecule has 8 heteroatoms. The molecule has 0 aliphatic rings. The van der Waals surface area contributed by atoms with Gasteiger partial charge >= 0.3 is 58.4 Å². The van der Waals surface area contributed by atoms with Crippen LogP contribution in [0.3, 0.4) is 0 Å². The van der Waals surface area contributed by atoms with Crippen molar-refractivity contribution in [3.8, 4) is 11.8 Å². The van der Waals surface area contributed by atoms with Gasteiger partial charge in [-0.2, -0.15) is 5.26 Å². The zero-order valence-electron chi connectivity index (χ0n) is 8.38. The van der Waals surface area contributed by atoms with E-state index in [4.69, 9.17) is 16.9 Å². The van der Waals surface area contributed by atoms with Gasteiger partial charge in [-0.05, 0) is 18.2 Å². The van der Waals surface area contributed by atoms with Crippen molar-refractivity contribution in [1.82, 2.24) is 0 Å². The topological polar surface area (TPSA) is 33.0 Å². The third kappa shape index (κ3) is 5.57. The Balaban J connectivity index is 0.00000225. The van der Waals surface area contributed by atoms with Crippen LogP contribution in [0.25, 0.3) is 0 Å². The van der Waals surface area contributed by atoms with E-state index >= 15 is 0 Å². The van der Waals surface area contributed by atoms with E-state index in [1.807, 2.05) is 0 Å². The maximum absolute atomic E-state index is 11.9. The molecule has 16 heavy (non-hydrogen) atoms. The number of rotatable bonds is 3. The predicted molar refractivity (Wildman–Crippen MR) is 50.7 cm³/mol. The van der Waals surface area contributed by atoms with Crippen molar-refractivity contribution in [3.63, 3.8) is 0 Å². The Morgan fingerprint density at radius 2 is 2.00 bits per heavy atom. The van der Waals surface area contributed by atoms with Crippen molar-refractivity contribution in [1.29, 1.82) is 5.26 Å². The Hall–Kier alpha value is 0.291. The molecular weight excluding hydrogens is 268 g/mol. The zero-order valence-corrected chi connectivity index (χ0v) is 12.3. The molecule has 1 aromatic rings. The fraction of sp³-hybridized carbons (Fsp3) is 0.125. The van der Waals surface area contributed by atoms with E-state index in [9.17, 15) is 12.9 Å². The van der Waals surface area contributed by atoms with E-state index < -0.39 is 13.5 Å². The van der Waals surface area contributed by atoms with Crippen LogP contribution in [0, 0.1) is 11.3 Å². The molecule has 0 fully saturated rings. The van der Waals surface area contributed by atoms with E-state index in [1.165, 1.54) is 18.2 Å². The van der Waals surface area contributed by atoms with Crippen LogP contribution in [-0.2, 0) is 0 Å². The fourth-order valence-corrected chi connectivity index (χ4v) is 1.05. The molecule has 0 aliphatic carbocycles. The van der Waals surface area contributed by atoms with Crippen molar-refractivity contribution < 1.29 is 69.1 Å². The minimum absolute atomic E-state index is 0. The van der Waals surface area contributed by atoms with E-state index in [1.54, 1.807) is 6.07 Å². The molecule has 0 aromatic heterocycles. The van der Waals surface area contributed by atoms with Crippen molar-refractivity contribution in [2.45, 2.75) is 0 Å². The second-order valence-electron chi connectivity index (χ2n) is 2.77. The van der Waals surface area contributed by atoms with Gasteiger partial charge in [-0.3, -0.25) is 0 Å². The molecule has 0 N–H and O–H groups in total. The van der Waals surface area contributed by atoms with Gasteiger partial charge in [0.25, 0.3) is 0 Å². The summed E-state index contributed by atoms with van der Waals surface area (Å²) in [7, 11) is 0. The second kappa shape index (κ2) is 6.89. The van der Waals surface area contributed by atoms with Gasteiger partial charge in [-0.15, -0.1) is 0 Å². The molecule has 0 saturated carbocycles. The fourth-order valence-electron chi connectivity index (χ4n) is 0.892. The predicted octanol–water partition coefficient (Wildman–Crippen LogP) is -0.0189. The number of hydrogen-bond acceptors (Lipinski definition) is 2. The van der Waals surface area contributed by atoms with Crippen molar-refractivity contribution in [2.75, 3.05) is 6.51 Å². The van der Waals surface area contributed by atoms with Gasteiger partial charge < -0.3 is 17.7 Å². The van der Waals surface area contributed by atoms with E-state index in [-0.39, 0.29) is 67.7 Å². The number of ether oxygens (including phenoxy) is 1. The van der Waals surface area contributed by atoms with Crippen molar-refractivity contribution >= 4 is 18.6 Å². The van der Waals surface area contributed by atoms with Crippen molar-refractivity contribution in [2.24, 2.45) is 0 Å². The molecule has 0 spiro atoms. The molecule has 1 aromatic carbocycles. The minimum Gasteiger partial charge on any atom is -0.520 e. The van der Waals surface area contributed by atoms with Crippen LogP contribution in [0.4, 0.5) is 12.9 Å².